The maximum atomic E-state index is 11.6. The first-order valence-electron chi connectivity index (χ1n) is 5.82. The van der Waals surface area contributed by atoms with Gasteiger partial charge in [0.05, 0.1) is 5.69 Å². The van der Waals surface area contributed by atoms with Crippen molar-refractivity contribution in [1.29, 1.82) is 0 Å². The molecule has 1 fully saturated rings. The van der Waals surface area contributed by atoms with E-state index in [1.165, 1.54) is 0 Å². The fourth-order valence-corrected chi connectivity index (χ4v) is 2.65. The molecule has 1 aromatic rings. The topological polar surface area (TPSA) is 89.1 Å². The van der Waals surface area contributed by atoms with Crippen LogP contribution in [0.25, 0.3) is 0 Å². The Kier molecular flexibility index (Phi) is 2.77. The van der Waals surface area contributed by atoms with Crippen LogP contribution in [0.1, 0.15) is 42.6 Å². The second-order valence-electron chi connectivity index (χ2n) is 4.74. The molecule has 0 atom stereocenters. The number of nitrogens with zero attached hydrogens (tertiary/aromatic N) is 2. The first-order valence-corrected chi connectivity index (χ1v) is 5.82. The van der Waals surface area contributed by atoms with Crippen molar-refractivity contribution in [2.75, 3.05) is 5.73 Å². The third kappa shape index (κ3) is 1.75. The van der Waals surface area contributed by atoms with Crippen molar-refractivity contribution in [3.05, 3.63) is 17.0 Å². The first kappa shape index (κ1) is 11.8. The minimum atomic E-state index is -0.855. The highest BCUT2D eigenvalue weighted by atomic mass is 16.4. The summed E-state index contributed by atoms with van der Waals surface area (Å²) in [5, 5.41) is 9.52. The zero-order valence-corrected chi connectivity index (χ0v) is 10.2. The van der Waals surface area contributed by atoms with Crippen LogP contribution in [0, 0.1) is 13.8 Å². The molecular formula is C12H17N3O2. The van der Waals surface area contributed by atoms with Crippen LogP contribution >= 0.6 is 0 Å². The van der Waals surface area contributed by atoms with Gasteiger partial charge >= 0.3 is 5.97 Å². The van der Waals surface area contributed by atoms with Gasteiger partial charge in [0.1, 0.15) is 5.41 Å². The number of carboxylic acid groups (broad SMARTS) is 1. The van der Waals surface area contributed by atoms with Crippen LogP contribution in [-0.4, -0.2) is 21.0 Å². The zero-order chi connectivity index (χ0) is 12.6. The van der Waals surface area contributed by atoms with Gasteiger partial charge in [0.2, 0.25) is 5.95 Å². The van der Waals surface area contributed by atoms with Crippen molar-refractivity contribution in [3.63, 3.8) is 0 Å². The van der Waals surface area contributed by atoms with Crippen LogP contribution in [0.15, 0.2) is 0 Å². The van der Waals surface area contributed by atoms with Gasteiger partial charge in [0.25, 0.3) is 0 Å². The Morgan fingerprint density at radius 2 is 1.88 bits per heavy atom. The lowest BCUT2D eigenvalue weighted by atomic mass is 9.80. The van der Waals surface area contributed by atoms with Gasteiger partial charge in [0, 0.05) is 5.69 Å². The standard InChI is InChI=1S/C12H17N3O2/c1-7-8(2)14-11(13)15-9(7)12(10(16)17)5-3-4-6-12/h3-6H2,1-2H3,(H,16,17)(H2,13,14,15). The Balaban J connectivity index is 2.62. The van der Waals surface area contributed by atoms with Gasteiger partial charge in [0.15, 0.2) is 0 Å². The summed E-state index contributed by atoms with van der Waals surface area (Å²) >= 11 is 0. The van der Waals surface area contributed by atoms with Crippen molar-refractivity contribution in [2.24, 2.45) is 0 Å². The molecule has 92 valence electrons. The molecule has 0 unspecified atom stereocenters. The highest BCUT2D eigenvalue weighted by molar-refractivity contribution is 5.81. The van der Waals surface area contributed by atoms with E-state index >= 15 is 0 Å². The lowest BCUT2D eigenvalue weighted by Gasteiger charge is -2.25. The lowest BCUT2D eigenvalue weighted by molar-refractivity contribution is -0.143. The van der Waals surface area contributed by atoms with Crippen LogP contribution in [0.5, 0.6) is 0 Å². The van der Waals surface area contributed by atoms with Crippen LogP contribution in [0.3, 0.4) is 0 Å². The molecule has 3 N–H and O–H groups in total. The fraction of sp³-hybridized carbons (Fsp3) is 0.583. The first-order chi connectivity index (χ1) is 7.97. The maximum Gasteiger partial charge on any atom is 0.315 e. The molecule has 5 heteroatoms. The van der Waals surface area contributed by atoms with Crippen molar-refractivity contribution in [1.82, 2.24) is 9.97 Å². The van der Waals surface area contributed by atoms with Gasteiger partial charge in [-0.15, -0.1) is 0 Å². The molecular weight excluding hydrogens is 218 g/mol. The number of carboxylic acids is 1. The average molecular weight is 235 g/mol. The van der Waals surface area contributed by atoms with Gasteiger partial charge in [-0.25, -0.2) is 9.97 Å². The minimum Gasteiger partial charge on any atom is -0.481 e. The number of rotatable bonds is 2. The predicted octanol–water partition coefficient (Wildman–Crippen LogP) is 1.57. The normalized spacial score (nSPS) is 18.2. The van der Waals surface area contributed by atoms with Crippen LogP contribution in [-0.2, 0) is 10.2 Å². The Labute approximate surface area is 100 Å². The molecule has 0 bridgehead atoms. The van der Waals surface area contributed by atoms with Crippen LogP contribution in [0.4, 0.5) is 5.95 Å². The Morgan fingerprint density at radius 3 is 2.41 bits per heavy atom. The van der Waals surface area contributed by atoms with E-state index < -0.39 is 11.4 Å². The number of aromatic nitrogens is 2. The number of carbonyl (C=O) groups is 1. The summed E-state index contributed by atoms with van der Waals surface area (Å²) in [5.41, 5.74) is 7.00. The summed E-state index contributed by atoms with van der Waals surface area (Å²) in [6, 6.07) is 0. The van der Waals surface area contributed by atoms with Gasteiger partial charge in [-0.1, -0.05) is 12.8 Å². The molecule has 0 radical (unpaired) electrons. The molecule has 17 heavy (non-hydrogen) atoms. The maximum absolute atomic E-state index is 11.6. The van der Waals surface area contributed by atoms with Crippen molar-refractivity contribution >= 4 is 11.9 Å². The number of aliphatic carboxylic acids is 1. The Bertz CT molecular complexity index is 465. The molecule has 1 aliphatic carbocycles. The van der Waals surface area contributed by atoms with Gasteiger partial charge < -0.3 is 10.8 Å². The van der Waals surface area contributed by atoms with E-state index in [4.69, 9.17) is 5.73 Å². The third-order valence-electron chi connectivity index (χ3n) is 3.73. The summed E-state index contributed by atoms with van der Waals surface area (Å²) in [4.78, 5) is 19.9. The van der Waals surface area contributed by atoms with Gasteiger partial charge in [-0.05, 0) is 32.3 Å². The summed E-state index contributed by atoms with van der Waals surface area (Å²) < 4.78 is 0. The molecule has 2 rings (SSSR count). The molecule has 0 saturated heterocycles. The molecule has 0 aromatic carbocycles. The quantitative estimate of drug-likeness (QED) is 0.812. The number of nitrogen functional groups attached to an aromatic ring is 1. The number of nitrogens with two attached hydrogens (primary N) is 1. The number of hydrogen-bond acceptors (Lipinski definition) is 4. The summed E-state index contributed by atoms with van der Waals surface area (Å²) in [5.74, 6) is -0.633. The molecule has 5 nitrogen and oxygen atoms in total. The van der Waals surface area contributed by atoms with Crippen molar-refractivity contribution < 1.29 is 9.90 Å². The summed E-state index contributed by atoms with van der Waals surface area (Å²) in [6.07, 6.45) is 3.13. The Hall–Kier alpha value is -1.65. The molecule has 0 aliphatic heterocycles. The van der Waals surface area contributed by atoms with Crippen LogP contribution < -0.4 is 5.73 Å². The Morgan fingerprint density at radius 1 is 1.29 bits per heavy atom. The van der Waals surface area contributed by atoms with Crippen LogP contribution in [0.2, 0.25) is 0 Å². The molecule has 1 aromatic heterocycles. The predicted molar refractivity (Wildman–Crippen MR) is 63.7 cm³/mol. The SMILES string of the molecule is Cc1nc(N)nc(C2(C(=O)O)CCCC2)c1C. The highest BCUT2D eigenvalue weighted by Gasteiger charge is 2.45. The molecule has 1 saturated carbocycles. The average Bonchev–Trinajstić information content (AvgIpc) is 2.73. The third-order valence-corrected chi connectivity index (χ3v) is 3.73. The summed E-state index contributed by atoms with van der Waals surface area (Å²) in [7, 11) is 0. The van der Waals surface area contributed by atoms with E-state index in [1.807, 2.05) is 13.8 Å². The summed E-state index contributed by atoms with van der Waals surface area (Å²) in [6.45, 7) is 3.70. The van der Waals surface area contributed by atoms with E-state index in [1.54, 1.807) is 0 Å². The zero-order valence-electron chi connectivity index (χ0n) is 10.2. The van der Waals surface area contributed by atoms with E-state index in [-0.39, 0.29) is 5.95 Å². The van der Waals surface area contributed by atoms with Crippen molar-refractivity contribution in [3.8, 4) is 0 Å². The van der Waals surface area contributed by atoms with Gasteiger partial charge in [-0.3, -0.25) is 4.79 Å². The van der Waals surface area contributed by atoms with E-state index in [2.05, 4.69) is 9.97 Å². The highest BCUT2D eigenvalue weighted by Crippen LogP contribution is 2.42. The number of anilines is 1. The second kappa shape index (κ2) is 3.98. The number of hydrogen-bond donors (Lipinski definition) is 2. The van der Waals surface area contributed by atoms with E-state index in [9.17, 15) is 9.90 Å². The van der Waals surface area contributed by atoms with E-state index in [0.29, 0.717) is 18.5 Å². The smallest absolute Gasteiger partial charge is 0.315 e. The van der Waals surface area contributed by atoms with Gasteiger partial charge in [-0.2, -0.15) is 0 Å². The molecule has 0 amide bonds. The second-order valence-corrected chi connectivity index (χ2v) is 4.74. The molecule has 0 spiro atoms. The monoisotopic (exact) mass is 235 g/mol. The van der Waals surface area contributed by atoms with E-state index in [0.717, 1.165) is 24.1 Å². The number of aryl methyl sites for hydroxylation is 1. The molecule has 1 heterocycles. The fourth-order valence-electron chi connectivity index (χ4n) is 2.65. The van der Waals surface area contributed by atoms with Crippen molar-refractivity contribution in [2.45, 2.75) is 44.9 Å². The largest absolute Gasteiger partial charge is 0.481 e. The molecule has 1 aliphatic rings. The minimum absolute atomic E-state index is 0.163. The lowest BCUT2D eigenvalue weighted by Crippen LogP contribution is -2.35.